The average Bonchev–Trinajstić information content (AvgIpc) is 3.17. The predicted molar refractivity (Wildman–Crippen MR) is 82.2 cm³/mol. The molecule has 0 bridgehead atoms. The lowest BCUT2D eigenvalue weighted by atomic mass is 10.1. The van der Waals surface area contributed by atoms with Gasteiger partial charge in [-0.1, -0.05) is 0 Å². The minimum Gasteiger partial charge on any atom is -0.459 e. The highest BCUT2D eigenvalue weighted by molar-refractivity contribution is 7.88. The molecule has 23 heavy (non-hydrogen) atoms. The predicted octanol–water partition coefficient (Wildman–Crippen LogP) is 0.612. The third-order valence-electron chi connectivity index (χ3n) is 3.83. The molecule has 3 heterocycles. The zero-order chi connectivity index (χ0) is 16.4. The number of furan rings is 1. The van der Waals surface area contributed by atoms with E-state index in [9.17, 15) is 13.2 Å². The number of rotatable bonds is 5. The van der Waals surface area contributed by atoms with Gasteiger partial charge in [0.1, 0.15) is 0 Å². The molecule has 0 unspecified atom stereocenters. The van der Waals surface area contributed by atoms with Crippen molar-refractivity contribution in [3.63, 3.8) is 0 Å². The van der Waals surface area contributed by atoms with Crippen molar-refractivity contribution >= 4 is 15.9 Å². The lowest BCUT2D eigenvalue weighted by Crippen LogP contribution is -2.41. The van der Waals surface area contributed by atoms with Crippen LogP contribution in [0.5, 0.6) is 0 Å². The van der Waals surface area contributed by atoms with Gasteiger partial charge in [0.15, 0.2) is 5.76 Å². The van der Waals surface area contributed by atoms with E-state index in [-0.39, 0.29) is 17.7 Å². The number of amides is 1. The van der Waals surface area contributed by atoms with Crippen molar-refractivity contribution in [1.29, 1.82) is 0 Å². The van der Waals surface area contributed by atoms with Crippen LogP contribution in [0, 0.1) is 0 Å². The number of aromatic nitrogens is 2. The summed E-state index contributed by atoms with van der Waals surface area (Å²) < 4.78 is 31.9. The molecule has 124 valence electrons. The highest BCUT2D eigenvalue weighted by atomic mass is 32.2. The Morgan fingerprint density at radius 1 is 1.48 bits per heavy atom. The first-order valence-corrected chi connectivity index (χ1v) is 9.09. The third kappa shape index (κ3) is 3.45. The second-order valence-corrected chi connectivity index (χ2v) is 7.48. The molecule has 1 aliphatic rings. The van der Waals surface area contributed by atoms with E-state index >= 15 is 0 Å². The number of sulfonamides is 1. The van der Waals surface area contributed by atoms with Crippen LogP contribution in [0.15, 0.2) is 35.1 Å². The molecule has 2 aromatic rings. The fraction of sp³-hybridized carbons (Fsp3) is 0.429. The van der Waals surface area contributed by atoms with Gasteiger partial charge in [0.05, 0.1) is 30.8 Å². The van der Waals surface area contributed by atoms with Gasteiger partial charge in [0.2, 0.25) is 10.0 Å². The maximum atomic E-state index is 11.8. The highest BCUT2D eigenvalue weighted by Crippen LogP contribution is 2.24. The molecule has 1 atom stereocenters. The Morgan fingerprint density at radius 2 is 2.30 bits per heavy atom. The van der Waals surface area contributed by atoms with Crippen molar-refractivity contribution in [3.8, 4) is 0 Å². The van der Waals surface area contributed by atoms with E-state index in [1.807, 2.05) is 10.7 Å². The Labute approximate surface area is 134 Å². The van der Waals surface area contributed by atoms with E-state index in [1.165, 1.54) is 16.8 Å². The van der Waals surface area contributed by atoms with Crippen molar-refractivity contribution in [2.75, 3.05) is 19.3 Å². The van der Waals surface area contributed by atoms with E-state index in [1.54, 1.807) is 18.3 Å². The summed E-state index contributed by atoms with van der Waals surface area (Å²) in [6, 6.07) is 4.94. The number of fused-ring (bicyclic) bond motifs is 1. The van der Waals surface area contributed by atoms with Gasteiger partial charge < -0.3 is 9.73 Å². The van der Waals surface area contributed by atoms with Crippen LogP contribution in [0.1, 0.15) is 28.7 Å². The summed E-state index contributed by atoms with van der Waals surface area (Å²) in [5, 5.41) is 7.03. The van der Waals surface area contributed by atoms with E-state index in [4.69, 9.17) is 4.42 Å². The number of hydrogen-bond donors (Lipinski definition) is 1. The average molecular weight is 338 g/mol. The molecule has 0 saturated carbocycles. The molecule has 1 amide bonds. The van der Waals surface area contributed by atoms with Crippen LogP contribution >= 0.6 is 0 Å². The summed E-state index contributed by atoms with van der Waals surface area (Å²) in [6.07, 6.45) is 4.88. The van der Waals surface area contributed by atoms with Crippen LogP contribution in [-0.4, -0.2) is 47.8 Å². The minimum absolute atomic E-state index is 0.111. The molecule has 0 radical (unpaired) electrons. The topological polar surface area (TPSA) is 97.4 Å². The largest absolute Gasteiger partial charge is 0.459 e. The van der Waals surface area contributed by atoms with Crippen LogP contribution in [0.2, 0.25) is 0 Å². The summed E-state index contributed by atoms with van der Waals surface area (Å²) in [6.45, 7) is 1.08. The summed E-state index contributed by atoms with van der Waals surface area (Å²) in [5.74, 6) is -0.0300. The second-order valence-electron chi connectivity index (χ2n) is 5.50. The normalized spacial score (nSPS) is 18.6. The highest BCUT2D eigenvalue weighted by Gasteiger charge is 2.30. The number of nitrogens with zero attached hydrogens (tertiary/aromatic N) is 3. The maximum Gasteiger partial charge on any atom is 0.286 e. The lowest BCUT2D eigenvalue weighted by molar-refractivity contribution is 0.0922. The maximum absolute atomic E-state index is 11.8. The van der Waals surface area contributed by atoms with Gasteiger partial charge in [-0.25, -0.2) is 8.42 Å². The van der Waals surface area contributed by atoms with Crippen molar-refractivity contribution < 1.29 is 17.6 Å². The SMILES string of the molecule is CS(=O)(=O)N1Cc2ccnn2[C@H](CCNC(=O)c2ccco2)C1. The molecule has 0 saturated heterocycles. The molecule has 0 aromatic carbocycles. The Morgan fingerprint density at radius 3 is 3.00 bits per heavy atom. The molecule has 1 aliphatic heterocycles. The van der Waals surface area contributed by atoms with E-state index in [0.717, 1.165) is 5.69 Å². The smallest absolute Gasteiger partial charge is 0.286 e. The molecule has 0 spiro atoms. The molecular formula is C14H18N4O4S. The fourth-order valence-electron chi connectivity index (χ4n) is 2.67. The van der Waals surface area contributed by atoms with Gasteiger partial charge in [0.25, 0.3) is 5.91 Å². The molecule has 3 rings (SSSR count). The number of carbonyl (C=O) groups is 1. The van der Waals surface area contributed by atoms with Gasteiger partial charge in [-0.2, -0.15) is 9.40 Å². The fourth-order valence-corrected chi connectivity index (χ4v) is 3.48. The number of nitrogens with one attached hydrogen (secondary N) is 1. The van der Waals surface area contributed by atoms with Crippen LogP contribution in [0.4, 0.5) is 0 Å². The zero-order valence-corrected chi connectivity index (χ0v) is 13.5. The van der Waals surface area contributed by atoms with Gasteiger partial charge in [0, 0.05) is 19.3 Å². The lowest BCUT2D eigenvalue weighted by Gasteiger charge is -2.32. The molecule has 2 aromatic heterocycles. The van der Waals surface area contributed by atoms with Crippen LogP contribution in [0.25, 0.3) is 0 Å². The first kappa shape index (κ1) is 15.8. The third-order valence-corrected chi connectivity index (χ3v) is 5.04. The van der Waals surface area contributed by atoms with Crippen molar-refractivity contribution in [2.24, 2.45) is 0 Å². The second kappa shape index (κ2) is 6.17. The minimum atomic E-state index is -3.27. The summed E-state index contributed by atoms with van der Waals surface area (Å²) in [7, 11) is -3.27. The Hall–Kier alpha value is -2.13. The van der Waals surface area contributed by atoms with Crippen LogP contribution in [-0.2, 0) is 16.6 Å². The first-order chi connectivity index (χ1) is 10.9. The zero-order valence-electron chi connectivity index (χ0n) is 12.7. The van der Waals surface area contributed by atoms with Crippen LogP contribution in [0.3, 0.4) is 0 Å². The standard InChI is InChI=1S/C14H18N4O4S/c1-23(20,21)17-9-11(18-12(10-17)5-7-16-18)4-6-15-14(19)13-3-2-8-22-13/h2-3,5,7-8,11H,4,6,9-10H2,1H3,(H,15,19)/t11-/m1/s1. The van der Waals surface area contributed by atoms with Crippen molar-refractivity contribution in [2.45, 2.75) is 19.0 Å². The van der Waals surface area contributed by atoms with Crippen molar-refractivity contribution in [3.05, 3.63) is 42.1 Å². The van der Waals surface area contributed by atoms with Gasteiger partial charge in [-0.15, -0.1) is 0 Å². The summed E-state index contributed by atoms with van der Waals surface area (Å²) in [4.78, 5) is 11.8. The van der Waals surface area contributed by atoms with E-state index < -0.39 is 10.0 Å². The van der Waals surface area contributed by atoms with Gasteiger partial charge >= 0.3 is 0 Å². The first-order valence-electron chi connectivity index (χ1n) is 7.24. The molecule has 8 nitrogen and oxygen atoms in total. The van der Waals surface area contributed by atoms with Crippen LogP contribution < -0.4 is 5.32 Å². The molecule has 1 N–H and O–H groups in total. The number of hydrogen-bond acceptors (Lipinski definition) is 5. The molecule has 9 heteroatoms. The van der Waals surface area contributed by atoms with Gasteiger partial charge in [-0.3, -0.25) is 9.48 Å². The van der Waals surface area contributed by atoms with Gasteiger partial charge in [-0.05, 0) is 24.6 Å². The Bertz CT molecular complexity index is 782. The quantitative estimate of drug-likeness (QED) is 0.861. The summed E-state index contributed by atoms with van der Waals surface area (Å²) >= 11 is 0. The summed E-state index contributed by atoms with van der Waals surface area (Å²) in [5.41, 5.74) is 0.851. The van der Waals surface area contributed by atoms with E-state index in [0.29, 0.717) is 26.1 Å². The van der Waals surface area contributed by atoms with Crippen molar-refractivity contribution in [1.82, 2.24) is 19.4 Å². The Kier molecular flexibility index (Phi) is 4.22. The number of carbonyl (C=O) groups excluding carboxylic acids is 1. The monoisotopic (exact) mass is 338 g/mol. The molecule has 0 aliphatic carbocycles. The van der Waals surface area contributed by atoms with E-state index in [2.05, 4.69) is 10.4 Å². The molecule has 0 fully saturated rings. The Balaban J connectivity index is 1.64. The molecular weight excluding hydrogens is 320 g/mol.